The van der Waals surface area contributed by atoms with Crippen molar-refractivity contribution in [2.45, 2.75) is 64.9 Å². The third-order valence-electron chi connectivity index (χ3n) is 4.48. The number of ether oxygens (including phenoxy) is 6. The standard InChI is InChI=1S/C22H27NO11/c1-12(24)29-11-17-19(31-13(2)25)20(32-14(3)26)18(21(34-17)33-15(4)27)23-22(28)30-10-16-8-6-5-7-9-16/h5-9,17-21H,10-11H2,1-4H3,(H,23,28)/t17-,18+,19+,20+,21+/m0/s1. The van der Waals surface area contributed by atoms with E-state index in [-0.39, 0.29) is 6.61 Å². The maximum absolute atomic E-state index is 12.5. The second-order valence-electron chi connectivity index (χ2n) is 7.33. The van der Waals surface area contributed by atoms with Gasteiger partial charge in [-0.3, -0.25) is 19.2 Å². The van der Waals surface area contributed by atoms with Crippen LogP contribution in [0.2, 0.25) is 0 Å². The lowest BCUT2D eigenvalue weighted by atomic mass is 9.96. The number of alkyl carbamates (subject to hydrolysis) is 1. The van der Waals surface area contributed by atoms with Gasteiger partial charge in [-0.1, -0.05) is 30.3 Å². The molecule has 0 unspecified atom stereocenters. The Labute approximate surface area is 195 Å². The molecule has 0 radical (unpaired) electrons. The lowest BCUT2D eigenvalue weighted by molar-refractivity contribution is -0.270. The van der Waals surface area contributed by atoms with E-state index in [0.29, 0.717) is 5.56 Å². The first kappa shape index (κ1) is 26.6. The van der Waals surface area contributed by atoms with Crippen LogP contribution in [-0.4, -0.2) is 67.2 Å². The topological polar surface area (TPSA) is 153 Å². The predicted molar refractivity (Wildman–Crippen MR) is 112 cm³/mol. The molecule has 0 saturated carbocycles. The smallest absolute Gasteiger partial charge is 0.408 e. The lowest BCUT2D eigenvalue weighted by Gasteiger charge is -2.44. The molecule has 1 saturated heterocycles. The predicted octanol–water partition coefficient (Wildman–Crippen LogP) is 0.996. The zero-order valence-electron chi connectivity index (χ0n) is 19.2. The Hall–Kier alpha value is -3.67. The van der Waals surface area contributed by atoms with Crippen molar-refractivity contribution >= 4 is 30.0 Å². The van der Waals surface area contributed by atoms with Crippen LogP contribution in [0.5, 0.6) is 0 Å². The molecule has 2 rings (SSSR count). The van der Waals surface area contributed by atoms with Gasteiger partial charge in [-0.05, 0) is 5.56 Å². The van der Waals surface area contributed by atoms with Crippen molar-refractivity contribution in [1.29, 1.82) is 0 Å². The van der Waals surface area contributed by atoms with E-state index in [1.165, 1.54) is 0 Å². The molecule has 1 aromatic rings. The number of nitrogens with one attached hydrogen (secondary N) is 1. The van der Waals surface area contributed by atoms with Gasteiger partial charge in [0.05, 0.1) is 0 Å². The first-order valence-electron chi connectivity index (χ1n) is 10.3. The average Bonchev–Trinajstić information content (AvgIpc) is 2.74. The molecule has 34 heavy (non-hydrogen) atoms. The molecule has 12 heteroatoms. The molecular weight excluding hydrogens is 454 g/mol. The molecule has 1 aliphatic heterocycles. The van der Waals surface area contributed by atoms with E-state index in [4.69, 9.17) is 28.4 Å². The van der Waals surface area contributed by atoms with E-state index in [1.54, 1.807) is 30.3 Å². The highest BCUT2D eigenvalue weighted by molar-refractivity contribution is 5.70. The largest absolute Gasteiger partial charge is 0.463 e. The number of esters is 4. The normalized spacial score (nSPS) is 23.7. The summed E-state index contributed by atoms with van der Waals surface area (Å²) in [5.74, 6) is -2.95. The van der Waals surface area contributed by atoms with Crippen molar-refractivity contribution in [3.05, 3.63) is 35.9 Å². The van der Waals surface area contributed by atoms with E-state index in [9.17, 15) is 24.0 Å². The molecule has 186 valence electrons. The molecule has 12 nitrogen and oxygen atoms in total. The van der Waals surface area contributed by atoms with Crippen LogP contribution in [0, 0.1) is 0 Å². The third kappa shape index (κ3) is 8.35. The zero-order chi connectivity index (χ0) is 25.3. The summed E-state index contributed by atoms with van der Waals surface area (Å²) in [5, 5.41) is 2.45. The lowest BCUT2D eigenvalue weighted by Crippen LogP contribution is -2.67. The van der Waals surface area contributed by atoms with Crippen LogP contribution in [0.1, 0.15) is 33.3 Å². The van der Waals surface area contributed by atoms with Gasteiger partial charge in [-0.15, -0.1) is 0 Å². The summed E-state index contributed by atoms with van der Waals surface area (Å²) < 4.78 is 31.6. The molecule has 1 amide bonds. The summed E-state index contributed by atoms with van der Waals surface area (Å²) in [6, 6.07) is 7.51. The fourth-order valence-electron chi connectivity index (χ4n) is 3.22. The Balaban J connectivity index is 2.30. The van der Waals surface area contributed by atoms with Gasteiger partial charge in [-0.25, -0.2) is 4.79 Å². The second-order valence-corrected chi connectivity index (χ2v) is 7.33. The van der Waals surface area contributed by atoms with E-state index in [2.05, 4.69) is 5.32 Å². The number of rotatable bonds is 8. The number of amides is 1. The highest BCUT2D eigenvalue weighted by Gasteiger charge is 2.52. The Morgan fingerprint density at radius 2 is 1.38 bits per heavy atom. The molecule has 1 aliphatic rings. The molecule has 0 bridgehead atoms. The van der Waals surface area contributed by atoms with Crippen LogP contribution in [0.3, 0.4) is 0 Å². The van der Waals surface area contributed by atoms with Crippen LogP contribution in [0.4, 0.5) is 4.79 Å². The second kappa shape index (κ2) is 12.5. The number of hydrogen-bond acceptors (Lipinski definition) is 11. The van der Waals surface area contributed by atoms with Gasteiger partial charge in [0.1, 0.15) is 25.4 Å². The van der Waals surface area contributed by atoms with Crippen molar-refractivity contribution in [1.82, 2.24) is 5.32 Å². The molecule has 0 spiro atoms. The van der Waals surface area contributed by atoms with Gasteiger partial charge in [0.15, 0.2) is 12.2 Å². The first-order valence-corrected chi connectivity index (χ1v) is 10.3. The van der Waals surface area contributed by atoms with Crippen LogP contribution in [-0.2, 0) is 54.2 Å². The van der Waals surface area contributed by atoms with Gasteiger partial charge in [0, 0.05) is 27.7 Å². The average molecular weight is 481 g/mol. The molecular formula is C22H27NO11. The van der Waals surface area contributed by atoms with E-state index < -0.39 is 67.2 Å². The quantitative estimate of drug-likeness (QED) is 0.418. The third-order valence-corrected chi connectivity index (χ3v) is 4.48. The summed E-state index contributed by atoms with van der Waals surface area (Å²) in [7, 11) is 0. The van der Waals surface area contributed by atoms with Crippen molar-refractivity contribution in [2.24, 2.45) is 0 Å². The van der Waals surface area contributed by atoms with Crippen LogP contribution in [0.15, 0.2) is 30.3 Å². The Bertz CT molecular complexity index is 888. The summed E-state index contributed by atoms with van der Waals surface area (Å²) in [6.45, 7) is 4.00. The molecule has 0 aromatic heterocycles. The highest BCUT2D eigenvalue weighted by atomic mass is 16.7. The summed E-state index contributed by atoms with van der Waals surface area (Å²) in [4.78, 5) is 59.1. The van der Waals surface area contributed by atoms with E-state index >= 15 is 0 Å². The fourth-order valence-corrected chi connectivity index (χ4v) is 3.22. The van der Waals surface area contributed by atoms with Gasteiger partial charge >= 0.3 is 30.0 Å². The molecule has 5 atom stereocenters. The van der Waals surface area contributed by atoms with Crippen LogP contribution >= 0.6 is 0 Å². The summed E-state index contributed by atoms with van der Waals surface area (Å²) in [6.07, 6.45) is -6.29. The molecule has 1 aromatic carbocycles. The monoisotopic (exact) mass is 481 g/mol. The fraction of sp³-hybridized carbons (Fsp3) is 0.500. The van der Waals surface area contributed by atoms with E-state index in [0.717, 1.165) is 27.7 Å². The van der Waals surface area contributed by atoms with Gasteiger partial charge in [0.25, 0.3) is 0 Å². The molecule has 1 heterocycles. The van der Waals surface area contributed by atoms with E-state index in [1.807, 2.05) is 0 Å². The Morgan fingerprint density at radius 3 is 1.94 bits per heavy atom. The van der Waals surface area contributed by atoms with Crippen molar-refractivity contribution in [2.75, 3.05) is 6.61 Å². The van der Waals surface area contributed by atoms with Crippen LogP contribution in [0.25, 0.3) is 0 Å². The maximum Gasteiger partial charge on any atom is 0.408 e. The number of hydrogen-bond donors (Lipinski definition) is 1. The van der Waals surface area contributed by atoms with Gasteiger partial charge in [-0.2, -0.15) is 0 Å². The van der Waals surface area contributed by atoms with Crippen molar-refractivity contribution in [3.63, 3.8) is 0 Å². The molecule has 1 N–H and O–H groups in total. The zero-order valence-corrected chi connectivity index (χ0v) is 19.2. The van der Waals surface area contributed by atoms with Gasteiger partial charge < -0.3 is 33.7 Å². The molecule has 1 fully saturated rings. The van der Waals surface area contributed by atoms with Crippen molar-refractivity contribution < 1.29 is 52.4 Å². The minimum atomic E-state index is -1.49. The number of carbonyl (C=O) groups excluding carboxylic acids is 5. The Morgan fingerprint density at radius 1 is 0.794 bits per heavy atom. The summed E-state index contributed by atoms with van der Waals surface area (Å²) in [5.41, 5.74) is 0.713. The minimum absolute atomic E-state index is 0.0703. The number of benzene rings is 1. The molecule has 0 aliphatic carbocycles. The van der Waals surface area contributed by atoms with Gasteiger partial charge in [0.2, 0.25) is 6.29 Å². The minimum Gasteiger partial charge on any atom is -0.463 e. The van der Waals surface area contributed by atoms with Crippen LogP contribution < -0.4 is 5.32 Å². The van der Waals surface area contributed by atoms with Crippen molar-refractivity contribution in [3.8, 4) is 0 Å². The summed E-state index contributed by atoms with van der Waals surface area (Å²) >= 11 is 0. The first-order chi connectivity index (χ1) is 16.1. The SMILES string of the molecule is CC(=O)OC[C@@H]1O[C@@H](OC(C)=O)[C@H](NC(=O)OCc2ccccc2)[C@@H](OC(C)=O)[C@@H]1OC(C)=O. The maximum atomic E-state index is 12.5. The number of carbonyl (C=O) groups is 5. The highest BCUT2D eigenvalue weighted by Crippen LogP contribution is 2.28. The Kier molecular flexibility index (Phi) is 9.80.